The molecular formula is C51H40N2. The molecule has 0 unspecified atom stereocenters. The fourth-order valence-corrected chi connectivity index (χ4v) is 7.96. The Morgan fingerprint density at radius 1 is 0.283 bits per heavy atom. The van der Waals surface area contributed by atoms with Crippen molar-refractivity contribution in [2.45, 2.75) is 19.3 Å². The summed E-state index contributed by atoms with van der Waals surface area (Å²) in [7, 11) is 0. The van der Waals surface area contributed by atoms with E-state index in [0.717, 1.165) is 45.3 Å². The maximum atomic E-state index is 2.42. The van der Waals surface area contributed by atoms with E-state index in [9.17, 15) is 0 Å². The van der Waals surface area contributed by atoms with Crippen LogP contribution in [-0.4, -0.2) is 0 Å². The third-order valence-electron chi connectivity index (χ3n) is 10.6. The van der Waals surface area contributed by atoms with Crippen molar-refractivity contribution in [3.05, 3.63) is 217 Å². The summed E-state index contributed by atoms with van der Waals surface area (Å²) in [5, 5.41) is 0. The Morgan fingerprint density at radius 3 is 1.25 bits per heavy atom. The molecule has 0 aliphatic heterocycles. The van der Waals surface area contributed by atoms with E-state index in [-0.39, 0.29) is 5.41 Å². The highest BCUT2D eigenvalue weighted by Crippen LogP contribution is 2.51. The van der Waals surface area contributed by atoms with Crippen LogP contribution in [0.15, 0.2) is 206 Å². The molecule has 254 valence electrons. The van der Waals surface area contributed by atoms with E-state index in [4.69, 9.17) is 0 Å². The molecule has 8 aromatic rings. The predicted molar refractivity (Wildman–Crippen MR) is 224 cm³/mol. The summed E-state index contributed by atoms with van der Waals surface area (Å²) in [6.07, 6.45) is 0. The highest BCUT2D eigenvalue weighted by atomic mass is 15.2. The number of para-hydroxylation sites is 3. The molecule has 0 amide bonds. The minimum Gasteiger partial charge on any atom is -0.310 e. The molecule has 2 nitrogen and oxygen atoms in total. The SMILES string of the molecule is CC1(C)c2ccccc2-c2ccc(N(c3ccccc3)c3cc(-c4ccc(-c5ccccc5)cc4)cc(N(c4ccccc4)c4ccccc4)c3)cc21. The van der Waals surface area contributed by atoms with E-state index in [1.165, 1.54) is 33.4 Å². The largest absolute Gasteiger partial charge is 0.310 e. The highest BCUT2D eigenvalue weighted by Gasteiger charge is 2.35. The molecule has 0 radical (unpaired) electrons. The van der Waals surface area contributed by atoms with Gasteiger partial charge in [0.05, 0.1) is 0 Å². The van der Waals surface area contributed by atoms with Crippen LogP contribution in [0.25, 0.3) is 33.4 Å². The quantitative estimate of drug-likeness (QED) is 0.158. The predicted octanol–water partition coefficient (Wildman–Crippen LogP) is 14.3. The van der Waals surface area contributed by atoms with Gasteiger partial charge in [-0.15, -0.1) is 0 Å². The highest BCUT2D eigenvalue weighted by molar-refractivity contribution is 5.90. The van der Waals surface area contributed by atoms with Gasteiger partial charge in [-0.2, -0.15) is 0 Å². The zero-order valence-electron chi connectivity index (χ0n) is 30.0. The van der Waals surface area contributed by atoms with Crippen molar-refractivity contribution in [1.82, 2.24) is 0 Å². The Balaban J connectivity index is 1.26. The van der Waals surface area contributed by atoms with Gasteiger partial charge in [-0.1, -0.05) is 153 Å². The number of fused-ring (bicyclic) bond motifs is 3. The molecule has 0 heterocycles. The number of hydrogen-bond donors (Lipinski definition) is 0. The van der Waals surface area contributed by atoms with Gasteiger partial charge in [0.2, 0.25) is 0 Å². The third-order valence-corrected chi connectivity index (χ3v) is 10.6. The van der Waals surface area contributed by atoms with Crippen molar-refractivity contribution in [3.63, 3.8) is 0 Å². The van der Waals surface area contributed by atoms with Gasteiger partial charge in [-0.25, -0.2) is 0 Å². The Morgan fingerprint density at radius 2 is 0.698 bits per heavy atom. The van der Waals surface area contributed by atoms with E-state index in [1.807, 2.05) is 0 Å². The normalized spacial score (nSPS) is 12.5. The van der Waals surface area contributed by atoms with Gasteiger partial charge in [0.1, 0.15) is 0 Å². The molecule has 0 spiro atoms. The molecule has 0 bridgehead atoms. The second kappa shape index (κ2) is 13.5. The Labute approximate surface area is 312 Å². The number of anilines is 6. The second-order valence-electron chi connectivity index (χ2n) is 14.3. The lowest BCUT2D eigenvalue weighted by atomic mass is 9.82. The lowest BCUT2D eigenvalue weighted by molar-refractivity contribution is 0.660. The fraction of sp³-hybridized carbons (Fsp3) is 0.0588. The van der Waals surface area contributed by atoms with E-state index in [0.29, 0.717) is 0 Å². The van der Waals surface area contributed by atoms with E-state index in [1.54, 1.807) is 0 Å². The summed E-state index contributed by atoms with van der Waals surface area (Å²) in [4.78, 5) is 4.77. The summed E-state index contributed by atoms with van der Waals surface area (Å²) in [6.45, 7) is 4.70. The van der Waals surface area contributed by atoms with Crippen molar-refractivity contribution >= 4 is 34.1 Å². The van der Waals surface area contributed by atoms with Crippen LogP contribution in [-0.2, 0) is 5.41 Å². The molecule has 2 heteroatoms. The minimum atomic E-state index is -0.116. The monoisotopic (exact) mass is 680 g/mol. The molecule has 1 aliphatic rings. The topological polar surface area (TPSA) is 6.48 Å². The van der Waals surface area contributed by atoms with Crippen LogP contribution in [0.5, 0.6) is 0 Å². The molecule has 0 atom stereocenters. The van der Waals surface area contributed by atoms with Crippen LogP contribution in [0.4, 0.5) is 34.1 Å². The summed E-state index contributed by atoms with van der Waals surface area (Å²) in [5.41, 5.74) is 16.6. The van der Waals surface area contributed by atoms with Crippen LogP contribution in [0.3, 0.4) is 0 Å². The number of hydrogen-bond acceptors (Lipinski definition) is 2. The molecule has 0 saturated heterocycles. The van der Waals surface area contributed by atoms with Crippen LogP contribution < -0.4 is 9.80 Å². The number of rotatable bonds is 8. The summed E-state index contributed by atoms with van der Waals surface area (Å²) in [6, 6.07) is 74.5. The van der Waals surface area contributed by atoms with E-state index < -0.39 is 0 Å². The first-order valence-corrected chi connectivity index (χ1v) is 18.4. The third kappa shape index (κ3) is 5.99. The standard InChI is InChI=1S/C51H40N2/c1-51(2)49-26-16-15-25-47(49)48-32-31-44(36-50(48)51)53(43-23-13-6-14-24-43)46-34-40(39-29-27-38(28-30-39)37-17-7-3-8-18-37)33-45(35-46)52(41-19-9-4-10-20-41)42-21-11-5-12-22-42/h3-36H,1-2H3. The van der Waals surface area contributed by atoms with Crippen molar-refractivity contribution < 1.29 is 0 Å². The average Bonchev–Trinajstić information content (AvgIpc) is 3.45. The van der Waals surface area contributed by atoms with Gasteiger partial charge < -0.3 is 9.80 Å². The van der Waals surface area contributed by atoms with Crippen LogP contribution in [0, 0.1) is 0 Å². The van der Waals surface area contributed by atoms with Crippen LogP contribution in [0.1, 0.15) is 25.0 Å². The molecule has 0 fully saturated rings. The lowest BCUT2D eigenvalue weighted by Crippen LogP contribution is -2.17. The van der Waals surface area contributed by atoms with E-state index in [2.05, 4.69) is 230 Å². The fourth-order valence-electron chi connectivity index (χ4n) is 7.96. The van der Waals surface area contributed by atoms with Crippen molar-refractivity contribution in [2.24, 2.45) is 0 Å². The van der Waals surface area contributed by atoms with Crippen molar-refractivity contribution in [3.8, 4) is 33.4 Å². The zero-order chi connectivity index (χ0) is 35.8. The molecule has 0 saturated carbocycles. The molecule has 1 aliphatic carbocycles. The molecule has 53 heavy (non-hydrogen) atoms. The molecule has 9 rings (SSSR count). The van der Waals surface area contributed by atoms with Gasteiger partial charge >= 0.3 is 0 Å². The first-order valence-electron chi connectivity index (χ1n) is 18.4. The number of benzene rings is 8. The smallest absolute Gasteiger partial charge is 0.0488 e. The summed E-state index contributed by atoms with van der Waals surface area (Å²) >= 11 is 0. The van der Waals surface area contributed by atoms with Gasteiger partial charge in [0.25, 0.3) is 0 Å². The molecule has 8 aromatic carbocycles. The van der Waals surface area contributed by atoms with Crippen LogP contribution in [0.2, 0.25) is 0 Å². The summed E-state index contributed by atoms with van der Waals surface area (Å²) < 4.78 is 0. The lowest BCUT2D eigenvalue weighted by Gasteiger charge is -2.31. The van der Waals surface area contributed by atoms with E-state index >= 15 is 0 Å². The maximum absolute atomic E-state index is 2.42. The second-order valence-corrected chi connectivity index (χ2v) is 14.3. The minimum absolute atomic E-state index is 0.116. The van der Waals surface area contributed by atoms with Crippen LogP contribution >= 0.6 is 0 Å². The van der Waals surface area contributed by atoms with Gasteiger partial charge in [0.15, 0.2) is 0 Å². The summed E-state index contributed by atoms with van der Waals surface area (Å²) in [5.74, 6) is 0. The van der Waals surface area contributed by atoms with Crippen molar-refractivity contribution in [1.29, 1.82) is 0 Å². The molecular weight excluding hydrogens is 641 g/mol. The Bertz CT molecular complexity index is 2470. The Hall–Kier alpha value is -6.64. The molecule has 0 N–H and O–H groups in total. The first-order chi connectivity index (χ1) is 26.0. The average molecular weight is 681 g/mol. The van der Waals surface area contributed by atoms with Crippen molar-refractivity contribution in [2.75, 3.05) is 9.80 Å². The van der Waals surface area contributed by atoms with Gasteiger partial charge in [0, 0.05) is 39.5 Å². The van der Waals surface area contributed by atoms with Gasteiger partial charge in [-0.05, 0) is 111 Å². The maximum Gasteiger partial charge on any atom is 0.0488 e. The Kier molecular flexibility index (Phi) is 8.21. The zero-order valence-corrected chi connectivity index (χ0v) is 30.0. The first kappa shape index (κ1) is 32.3. The molecule has 0 aromatic heterocycles. The number of nitrogens with zero attached hydrogens (tertiary/aromatic N) is 2. The van der Waals surface area contributed by atoms with Gasteiger partial charge in [-0.3, -0.25) is 0 Å².